The van der Waals surface area contributed by atoms with E-state index >= 15 is 0 Å². The Labute approximate surface area is 111 Å². The lowest BCUT2D eigenvalue weighted by Crippen LogP contribution is -2.47. The highest BCUT2D eigenvalue weighted by atomic mass is 16.3. The number of hydrogen-bond acceptors (Lipinski definition) is 3. The van der Waals surface area contributed by atoms with Crippen molar-refractivity contribution in [3.63, 3.8) is 0 Å². The number of carbonyl (C=O) groups is 1. The Morgan fingerprint density at radius 2 is 2.00 bits per heavy atom. The molecule has 0 aliphatic heterocycles. The van der Waals surface area contributed by atoms with Gasteiger partial charge in [-0.3, -0.25) is 4.79 Å². The first-order valence-corrected chi connectivity index (χ1v) is 7.35. The Kier molecular flexibility index (Phi) is 7.28. The van der Waals surface area contributed by atoms with Crippen LogP contribution in [0, 0.1) is 0 Å². The van der Waals surface area contributed by atoms with Crippen molar-refractivity contribution in [3.8, 4) is 0 Å². The van der Waals surface area contributed by atoms with Crippen molar-refractivity contribution in [2.75, 3.05) is 6.54 Å². The molecule has 18 heavy (non-hydrogen) atoms. The molecule has 0 radical (unpaired) electrons. The van der Waals surface area contributed by atoms with Gasteiger partial charge in [-0.1, -0.05) is 26.2 Å². The van der Waals surface area contributed by atoms with Gasteiger partial charge in [0.25, 0.3) is 0 Å². The highest BCUT2D eigenvalue weighted by Crippen LogP contribution is 2.17. The summed E-state index contributed by atoms with van der Waals surface area (Å²) < 4.78 is 0. The summed E-state index contributed by atoms with van der Waals surface area (Å²) in [5, 5.41) is 15.7. The molecule has 4 nitrogen and oxygen atoms in total. The average molecular weight is 256 g/mol. The summed E-state index contributed by atoms with van der Waals surface area (Å²) >= 11 is 0. The minimum atomic E-state index is -0.258. The van der Waals surface area contributed by atoms with Crippen molar-refractivity contribution in [1.82, 2.24) is 10.6 Å². The lowest BCUT2D eigenvalue weighted by Gasteiger charge is -2.24. The van der Waals surface area contributed by atoms with Gasteiger partial charge in [0.05, 0.1) is 12.1 Å². The van der Waals surface area contributed by atoms with Gasteiger partial charge in [-0.05, 0) is 39.2 Å². The number of aliphatic hydroxyl groups is 1. The summed E-state index contributed by atoms with van der Waals surface area (Å²) in [5.41, 5.74) is 0. The van der Waals surface area contributed by atoms with Gasteiger partial charge in [-0.25, -0.2) is 0 Å². The van der Waals surface area contributed by atoms with Gasteiger partial charge in [-0.2, -0.15) is 0 Å². The van der Waals surface area contributed by atoms with Crippen molar-refractivity contribution in [3.05, 3.63) is 0 Å². The number of nitrogens with one attached hydrogen (secondary N) is 2. The van der Waals surface area contributed by atoms with Crippen LogP contribution in [0.25, 0.3) is 0 Å². The fourth-order valence-corrected chi connectivity index (χ4v) is 2.34. The van der Waals surface area contributed by atoms with E-state index in [2.05, 4.69) is 10.6 Å². The molecule has 0 aromatic heterocycles. The van der Waals surface area contributed by atoms with Crippen LogP contribution in [0.1, 0.15) is 58.8 Å². The molecule has 4 heteroatoms. The van der Waals surface area contributed by atoms with Crippen LogP contribution in [0.4, 0.5) is 0 Å². The zero-order chi connectivity index (χ0) is 13.4. The largest absolute Gasteiger partial charge is 0.393 e. The van der Waals surface area contributed by atoms with Gasteiger partial charge in [0.2, 0.25) is 5.91 Å². The summed E-state index contributed by atoms with van der Waals surface area (Å²) in [6.45, 7) is 4.54. The summed E-state index contributed by atoms with van der Waals surface area (Å²) in [7, 11) is 0. The molecule has 0 saturated heterocycles. The first-order chi connectivity index (χ1) is 8.63. The lowest BCUT2D eigenvalue weighted by molar-refractivity contribution is -0.123. The molecule has 1 amide bonds. The predicted octanol–water partition coefficient (Wildman–Crippen LogP) is 1.57. The van der Waals surface area contributed by atoms with E-state index in [0.29, 0.717) is 19.0 Å². The van der Waals surface area contributed by atoms with E-state index in [4.69, 9.17) is 0 Å². The second kappa shape index (κ2) is 8.48. The first-order valence-electron chi connectivity index (χ1n) is 7.35. The molecule has 0 aromatic carbocycles. The Bertz CT molecular complexity index is 240. The number of carbonyl (C=O) groups excluding carboxylic acids is 1. The minimum absolute atomic E-state index is 0.0906. The van der Waals surface area contributed by atoms with Crippen LogP contribution in [-0.2, 0) is 4.79 Å². The van der Waals surface area contributed by atoms with Crippen molar-refractivity contribution >= 4 is 5.91 Å². The molecule has 3 N–H and O–H groups in total. The third kappa shape index (κ3) is 5.83. The number of hydrogen-bond donors (Lipinski definition) is 3. The quantitative estimate of drug-likeness (QED) is 0.648. The van der Waals surface area contributed by atoms with Gasteiger partial charge < -0.3 is 15.7 Å². The highest BCUT2D eigenvalue weighted by Gasteiger charge is 2.19. The van der Waals surface area contributed by atoms with Crippen LogP contribution in [0.15, 0.2) is 0 Å². The van der Waals surface area contributed by atoms with E-state index in [1.54, 1.807) is 0 Å². The minimum Gasteiger partial charge on any atom is -0.393 e. The maximum atomic E-state index is 11.9. The third-order valence-electron chi connectivity index (χ3n) is 3.74. The smallest absolute Gasteiger partial charge is 0.237 e. The molecule has 1 rings (SSSR count). The summed E-state index contributed by atoms with van der Waals surface area (Å²) in [6, 6.07) is 0.202. The highest BCUT2D eigenvalue weighted by molar-refractivity contribution is 5.81. The molecule has 1 fully saturated rings. The molecule has 1 aliphatic carbocycles. The monoisotopic (exact) mass is 256 g/mol. The number of amides is 1. The Morgan fingerprint density at radius 1 is 1.33 bits per heavy atom. The second-order valence-electron chi connectivity index (χ2n) is 5.37. The summed E-state index contributed by atoms with van der Waals surface area (Å²) in [4.78, 5) is 11.9. The molecule has 2 atom stereocenters. The Balaban J connectivity index is 2.15. The van der Waals surface area contributed by atoms with Crippen LogP contribution in [-0.4, -0.2) is 35.7 Å². The van der Waals surface area contributed by atoms with E-state index in [0.717, 1.165) is 19.3 Å². The van der Waals surface area contributed by atoms with Gasteiger partial charge in [0, 0.05) is 6.04 Å². The Hall–Kier alpha value is -0.610. The van der Waals surface area contributed by atoms with Gasteiger partial charge in [-0.15, -0.1) is 0 Å². The zero-order valence-corrected chi connectivity index (χ0v) is 11.7. The molecule has 0 spiro atoms. The molecular formula is C14H28N2O2. The fraction of sp³-hybridized carbons (Fsp3) is 0.929. The van der Waals surface area contributed by atoms with E-state index in [1.165, 1.54) is 19.3 Å². The van der Waals surface area contributed by atoms with Crippen molar-refractivity contribution < 1.29 is 9.90 Å². The lowest BCUT2D eigenvalue weighted by atomic mass is 9.95. The van der Waals surface area contributed by atoms with Gasteiger partial charge in [0.1, 0.15) is 0 Å². The molecule has 106 valence electrons. The van der Waals surface area contributed by atoms with Crippen LogP contribution < -0.4 is 10.6 Å². The average Bonchev–Trinajstić information content (AvgIpc) is 2.39. The van der Waals surface area contributed by atoms with E-state index in [1.807, 2.05) is 13.8 Å². The number of aliphatic hydroxyl groups excluding tert-OH is 1. The maximum Gasteiger partial charge on any atom is 0.237 e. The standard InChI is InChI=1S/C14H28N2O2/c1-3-13(17)9-10-15-11(2)14(18)16-12-7-5-4-6-8-12/h11-13,15,17H,3-10H2,1-2H3,(H,16,18). The fourth-order valence-electron chi connectivity index (χ4n) is 2.34. The molecule has 1 saturated carbocycles. The maximum absolute atomic E-state index is 11.9. The topological polar surface area (TPSA) is 61.4 Å². The van der Waals surface area contributed by atoms with E-state index in [-0.39, 0.29) is 18.1 Å². The molecule has 0 aromatic rings. The van der Waals surface area contributed by atoms with Crippen molar-refractivity contribution in [1.29, 1.82) is 0 Å². The normalized spacial score (nSPS) is 20.4. The van der Waals surface area contributed by atoms with Crippen LogP contribution in [0.3, 0.4) is 0 Å². The SMILES string of the molecule is CCC(O)CCNC(C)C(=O)NC1CCCCC1. The molecule has 0 bridgehead atoms. The summed E-state index contributed by atoms with van der Waals surface area (Å²) in [6.07, 6.45) is 7.22. The Morgan fingerprint density at radius 3 is 2.61 bits per heavy atom. The van der Waals surface area contributed by atoms with Crippen LogP contribution >= 0.6 is 0 Å². The van der Waals surface area contributed by atoms with Gasteiger partial charge in [0.15, 0.2) is 0 Å². The van der Waals surface area contributed by atoms with Gasteiger partial charge >= 0.3 is 0 Å². The van der Waals surface area contributed by atoms with Crippen molar-refractivity contribution in [2.45, 2.75) is 77.0 Å². The predicted molar refractivity (Wildman–Crippen MR) is 73.4 cm³/mol. The van der Waals surface area contributed by atoms with E-state index in [9.17, 15) is 9.90 Å². The number of rotatable bonds is 7. The second-order valence-corrected chi connectivity index (χ2v) is 5.37. The summed E-state index contributed by atoms with van der Waals surface area (Å²) in [5.74, 6) is 0.0906. The molecule has 1 aliphatic rings. The molecule has 2 unspecified atom stereocenters. The first kappa shape index (κ1) is 15.4. The zero-order valence-electron chi connectivity index (χ0n) is 11.7. The molecule has 0 heterocycles. The van der Waals surface area contributed by atoms with E-state index < -0.39 is 0 Å². The molecular weight excluding hydrogens is 228 g/mol. The van der Waals surface area contributed by atoms with Crippen molar-refractivity contribution in [2.24, 2.45) is 0 Å². The van der Waals surface area contributed by atoms with Crippen LogP contribution in [0.2, 0.25) is 0 Å². The third-order valence-corrected chi connectivity index (χ3v) is 3.74. The van der Waals surface area contributed by atoms with Crippen LogP contribution in [0.5, 0.6) is 0 Å².